The van der Waals surface area contributed by atoms with E-state index in [9.17, 15) is 0 Å². The van der Waals surface area contributed by atoms with Crippen LogP contribution in [0.2, 0.25) is 0 Å². The number of para-hydroxylation sites is 2. The number of nitrogens with two attached hydrogens (primary N) is 1. The SMILES string of the molecule is CCc1nsc(Oc2ccccc2N)n1. The molecule has 0 amide bonds. The summed E-state index contributed by atoms with van der Waals surface area (Å²) in [6.45, 7) is 2.00. The monoisotopic (exact) mass is 221 g/mol. The second-order valence-corrected chi connectivity index (χ2v) is 3.68. The Hall–Kier alpha value is -1.62. The number of hydrogen-bond acceptors (Lipinski definition) is 5. The number of anilines is 1. The molecule has 4 nitrogen and oxygen atoms in total. The lowest BCUT2D eigenvalue weighted by molar-refractivity contribution is 0.479. The molecule has 1 aromatic heterocycles. The zero-order valence-electron chi connectivity index (χ0n) is 8.30. The third kappa shape index (κ3) is 2.24. The summed E-state index contributed by atoms with van der Waals surface area (Å²) in [6, 6.07) is 7.33. The summed E-state index contributed by atoms with van der Waals surface area (Å²) in [5.41, 5.74) is 6.34. The van der Waals surface area contributed by atoms with Crippen molar-refractivity contribution in [2.45, 2.75) is 13.3 Å². The van der Waals surface area contributed by atoms with Gasteiger partial charge < -0.3 is 10.5 Å². The second-order valence-electron chi connectivity index (χ2n) is 2.97. The van der Waals surface area contributed by atoms with Gasteiger partial charge in [0.25, 0.3) is 5.19 Å². The molecule has 2 N–H and O–H groups in total. The van der Waals surface area contributed by atoms with E-state index in [0.29, 0.717) is 16.6 Å². The van der Waals surface area contributed by atoms with E-state index in [1.54, 1.807) is 6.07 Å². The number of nitrogens with zero attached hydrogens (tertiary/aromatic N) is 2. The standard InChI is InChI=1S/C10H11N3OS/c1-2-9-12-10(15-13-9)14-8-6-4-3-5-7(8)11/h3-6H,2,11H2,1H3. The van der Waals surface area contributed by atoms with Gasteiger partial charge >= 0.3 is 0 Å². The van der Waals surface area contributed by atoms with Crippen molar-refractivity contribution in [1.29, 1.82) is 0 Å². The Balaban J connectivity index is 2.18. The fourth-order valence-corrected chi connectivity index (χ4v) is 1.72. The molecule has 0 unspecified atom stereocenters. The quantitative estimate of drug-likeness (QED) is 0.809. The van der Waals surface area contributed by atoms with Gasteiger partial charge in [0.1, 0.15) is 5.82 Å². The zero-order chi connectivity index (χ0) is 10.7. The Morgan fingerprint density at radius 2 is 2.20 bits per heavy atom. The number of nitrogen functional groups attached to an aromatic ring is 1. The van der Waals surface area contributed by atoms with Gasteiger partial charge in [-0.1, -0.05) is 19.1 Å². The lowest BCUT2D eigenvalue weighted by Gasteiger charge is -2.03. The van der Waals surface area contributed by atoms with E-state index in [4.69, 9.17) is 10.5 Å². The summed E-state index contributed by atoms with van der Waals surface area (Å²) >= 11 is 1.24. The highest BCUT2D eigenvalue weighted by atomic mass is 32.1. The van der Waals surface area contributed by atoms with Crippen LogP contribution in [0.15, 0.2) is 24.3 Å². The summed E-state index contributed by atoms with van der Waals surface area (Å²) in [4.78, 5) is 4.19. The smallest absolute Gasteiger partial charge is 0.298 e. The molecule has 2 aromatic rings. The fourth-order valence-electron chi connectivity index (χ4n) is 1.09. The fraction of sp³-hybridized carbons (Fsp3) is 0.200. The van der Waals surface area contributed by atoms with Gasteiger partial charge in [-0.25, -0.2) is 0 Å². The minimum absolute atomic E-state index is 0.532. The maximum absolute atomic E-state index is 5.74. The summed E-state index contributed by atoms with van der Waals surface area (Å²) in [5.74, 6) is 1.42. The molecule has 0 aliphatic carbocycles. The minimum atomic E-state index is 0.532. The van der Waals surface area contributed by atoms with Crippen LogP contribution in [0, 0.1) is 0 Å². The molecule has 2 rings (SSSR count). The molecule has 0 spiro atoms. The van der Waals surface area contributed by atoms with E-state index >= 15 is 0 Å². The van der Waals surface area contributed by atoms with Crippen molar-refractivity contribution in [3.63, 3.8) is 0 Å². The Morgan fingerprint density at radius 3 is 2.87 bits per heavy atom. The summed E-state index contributed by atoms with van der Waals surface area (Å²) in [6.07, 6.45) is 0.810. The average Bonchev–Trinajstić information content (AvgIpc) is 2.69. The Morgan fingerprint density at radius 1 is 1.40 bits per heavy atom. The molecule has 0 fully saturated rings. The molecule has 0 saturated heterocycles. The zero-order valence-corrected chi connectivity index (χ0v) is 9.12. The first kappa shape index (κ1) is 9.92. The van der Waals surface area contributed by atoms with E-state index in [1.807, 2.05) is 25.1 Å². The first-order valence-corrected chi connectivity index (χ1v) is 5.42. The van der Waals surface area contributed by atoms with Crippen LogP contribution >= 0.6 is 11.5 Å². The van der Waals surface area contributed by atoms with Crippen LogP contribution in [-0.4, -0.2) is 9.36 Å². The topological polar surface area (TPSA) is 61.0 Å². The third-order valence-electron chi connectivity index (χ3n) is 1.88. The van der Waals surface area contributed by atoms with Gasteiger partial charge in [0.05, 0.1) is 5.69 Å². The van der Waals surface area contributed by atoms with Crippen LogP contribution in [0.5, 0.6) is 10.9 Å². The van der Waals surface area contributed by atoms with Gasteiger partial charge in [0.15, 0.2) is 5.75 Å². The Labute approximate surface area is 91.9 Å². The molecule has 5 heteroatoms. The lowest BCUT2D eigenvalue weighted by atomic mass is 10.3. The van der Waals surface area contributed by atoms with Crippen molar-refractivity contribution >= 4 is 17.2 Å². The summed E-state index contributed by atoms with van der Waals surface area (Å²) in [5, 5.41) is 0.532. The van der Waals surface area contributed by atoms with Crippen LogP contribution in [0.3, 0.4) is 0 Å². The number of hydrogen-bond donors (Lipinski definition) is 1. The van der Waals surface area contributed by atoms with Gasteiger partial charge in [-0.2, -0.15) is 9.36 Å². The van der Waals surface area contributed by atoms with Gasteiger partial charge in [-0.3, -0.25) is 0 Å². The maximum Gasteiger partial charge on any atom is 0.298 e. The molecular formula is C10H11N3OS. The third-order valence-corrected chi connectivity index (χ3v) is 2.51. The Kier molecular flexibility index (Phi) is 2.82. The minimum Gasteiger partial charge on any atom is -0.428 e. The van der Waals surface area contributed by atoms with E-state index in [-0.39, 0.29) is 0 Å². The number of aryl methyl sites for hydroxylation is 1. The predicted octanol–water partition coefficient (Wildman–Crippen LogP) is 2.47. The molecule has 0 atom stereocenters. The van der Waals surface area contributed by atoms with E-state index in [2.05, 4.69) is 9.36 Å². The van der Waals surface area contributed by atoms with Crippen molar-refractivity contribution in [1.82, 2.24) is 9.36 Å². The van der Waals surface area contributed by atoms with Crippen LogP contribution in [-0.2, 0) is 6.42 Å². The van der Waals surface area contributed by atoms with Crippen molar-refractivity contribution in [2.75, 3.05) is 5.73 Å². The highest BCUT2D eigenvalue weighted by Gasteiger charge is 2.06. The molecule has 15 heavy (non-hydrogen) atoms. The first-order chi connectivity index (χ1) is 7.29. The lowest BCUT2D eigenvalue weighted by Crippen LogP contribution is -1.91. The molecule has 1 aromatic carbocycles. The molecule has 0 saturated carbocycles. The van der Waals surface area contributed by atoms with Crippen LogP contribution < -0.4 is 10.5 Å². The predicted molar refractivity (Wildman–Crippen MR) is 60.2 cm³/mol. The normalized spacial score (nSPS) is 10.2. The van der Waals surface area contributed by atoms with Crippen molar-refractivity contribution in [2.24, 2.45) is 0 Å². The molecular weight excluding hydrogens is 210 g/mol. The summed E-state index contributed by atoms with van der Waals surface area (Å²) < 4.78 is 9.64. The van der Waals surface area contributed by atoms with E-state index in [1.165, 1.54) is 11.5 Å². The molecule has 1 heterocycles. The number of ether oxygens (including phenoxy) is 1. The average molecular weight is 221 g/mol. The highest BCUT2D eigenvalue weighted by Crippen LogP contribution is 2.27. The van der Waals surface area contributed by atoms with Crippen molar-refractivity contribution in [3.8, 4) is 10.9 Å². The Bertz CT molecular complexity index is 455. The number of benzene rings is 1. The van der Waals surface area contributed by atoms with Crippen molar-refractivity contribution < 1.29 is 4.74 Å². The molecule has 0 aliphatic heterocycles. The number of rotatable bonds is 3. The van der Waals surface area contributed by atoms with Crippen molar-refractivity contribution in [3.05, 3.63) is 30.1 Å². The molecule has 0 aliphatic rings. The molecule has 78 valence electrons. The van der Waals surface area contributed by atoms with Gasteiger partial charge in [-0.15, -0.1) is 0 Å². The second kappa shape index (κ2) is 4.27. The van der Waals surface area contributed by atoms with Gasteiger partial charge in [0.2, 0.25) is 0 Å². The maximum atomic E-state index is 5.74. The highest BCUT2D eigenvalue weighted by molar-refractivity contribution is 7.07. The number of aromatic nitrogens is 2. The van der Waals surface area contributed by atoms with Crippen LogP contribution in [0.25, 0.3) is 0 Å². The molecule has 0 radical (unpaired) electrons. The summed E-state index contributed by atoms with van der Waals surface area (Å²) in [7, 11) is 0. The van der Waals surface area contributed by atoms with Crippen LogP contribution in [0.4, 0.5) is 5.69 Å². The van der Waals surface area contributed by atoms with Crippen LogP contribution in [0.1, 0.15) is 12.7 Å². The van der Waals surface area contributed by atoms with E-state index < -0.39 is 0 Å². The largest absolute Gasteiger partial charge is 0.428 e. The van der Waals surface area contributed by atoms with E-state index in [0.717, 1.165) is 12.2 Å². The first-order valence-electron chi connectivity index (χ1n) is 4.64. The van der Waals surface area contributed by atoms with Gasteiger partial charge in [0, 0.05) is 18.0 Å². The van der Waals surface area contributed by atoms with Gasteiger partial charge in [-0.05, 0) is 12.1 Å². The molecule has 0 bridgehead atoms.